The van der Waals surface area contributed by atoms with Crippen molar-refractivity contribution in [1.82, 2.24) is 0 Å². The summed E-state index contributed by atoms with van der Waals surface area (Å²) in [5.41, 5.74) is 7.52. The van der Waals surface area contributed by atoms with E-state index in [9.17, 15) is 4.79 Å². The number of aryl methyl sites for hydroxylation is 1. The van der Waals surface area contributed by atoms with E-state index >= 15 is 0 Å². The van der Waals surface area contributed by atoms with E-state index in [2.05, 4.69) is 17.4 Å². The highest BCUT2D eigenvalue weighted by atomic mass is 16.5. The average molecular weight is 452 g/mol. The van der Waals surface area contributed by atoms with Crippen LogP contribution < -0.4 is 11.1 Å². The highest BCUT2D eigenvalue weighted by molar-refractivity contribution is 6.13. The van der Waals surface area contributed by atoms with Gasteiger partial charge in [-0.25, -0.2) is 0 Å². The number of amidine groups is 1. The van der Waals surface area contributed by atoms with Crippen LogP contribution in [0, 0.1) is 34.0 Å². The van der Waals surface area contributed by atoms with Gasteiger partial charge in [-0.05, 0) is 105 Å². The summed E-state index contributed by atoms with van der Waals surface area (Å²) in [4.78, 5) is 12.4. The van der Waals surface area contributed by atoms with Crippen LogP contribution in [-0.2, 0) is 16.0 Å². The van der Waals surface area contributed by atoms with Crippen LogP contribution in [-0.4, -0.2) is 25.0 Å². The predicted molar refractivity (Wildman–Crippen MR) is 132 cm³/mol. The van der Waals surface area contributed by atoms with Gasteiger partial charge in [0.05, 0.1) is 6.61 Å². The highest BCUT2D eigenvalue weighted by Crippen LogP contribution is 2.65. The number of nitrogens with one attached hydrogen (secondary N) is 2. The number of anilines is 1. The van der Waals surface area contributed by atoms with Crippen LogP contribution in [0.3, 0.4) is 0 Å². The Kier molecular flexibility index (Phi) is 6.52. The molecule has 4 N–H and O–H groups in total. The predicted octanol–water partition coefficient (Wildman–Crippen LogP) is 5.68. The summed E-state index contributed by atoms with van der Waals surface area (Å²) in [5, 5.41) is 10.5. The van der Waals surface area contributed by atoms with Crippen molar-refractivity contribution in [3.8, 4) is 0 Å². The molecular weight excluding hydrogens is 410 g/mol. The molecule has 1 aromatic carbocycles. The van der Waals surface area contributed by atoms with Gasteiger partial charge in [-0.3, -0.25) is 10.2 Å². The standard InChI is InChI=1S/C28H41N3O2/c29-25(30)28(11-12-28)26(32)31-24-9-7-20(8-10-24)6-4-2-1-3-5-13-33-19-27-17-21-14-22(18-27)16-23(27)15-21/h7-10,21-23H,1-6,11-19H2,(H3,29,30)(H,31,32). The van der Waals surface area contributed by atoms with Gasteiger partial charge < -0.3 is 15.8 Å². The fourth-order valence-electron chi connectivity index (χ4n) is 7.29. The lowest BCUT2D eigenvalue weighted by molar-refractivity contribution is -0.119. The third-order valence-corrected chi connectivity index (χ3v) is 9.21. The van der Waals surface area contributed by atoms with Crippen LogP contribution in [0.4, 0.5) is 5.69 Å². The van der Waals surface area contributed by atoms with Crippen LogP contribution in [0.5, 0.6) is 0 Å². The molecule has 0 aliphatic heterocycles. The number of hydrogen-bond acceptors (Lipinski definition) is 3. The minimum Gasteiger partial charge on any atom is -0.387 e. The molecule has 0 spiro atoms. The molecule has 5 aliphatic rings. The van der Waals surface area contributed by atoms with Crippen molar-refractivity contribution in [3.05, 3.63) is 29.8 Å². The summed E-state index contributed by atoms with van der Waals surface area (Å²) < 4.78 is 6.19. The Bertz CT molecular complexity index is 846. The number of nitrogens with two attached hydrogens (primary N) is 1. The number of rotatable bonds is 13. The van der Waals surface area contributed by atoms with Gasteiger partial charge in [-0.15, -0.1) is 0 Å². The molecular formula is C28H41N3O2. The molecule has 2 atom stereocenters. The van der Waals surface area contributed by atoms with Crippen molar-refractivity contribution in [2.24, 2.45) is 34.3 Å². The zero-order chi connectivity index (χ0) is 22.9. The Hall–Kier alpha value is -1.88. The summed E-state index contributed by atoms with van der Waals surface area (Å²) in [6.45, 7) is 1.98. The number of benzene rings is 1. The first kappa shape index (κ1) is 22.9. The molecule has 33 heavy (non-hydrogen) atoms. The molecule has 0 radical (unpaired) electrons. The number of ether oxygens (including phenoxy) is 1. The number of hydrogen-bond donors (Lipinski definition) is 3. The highest BCUT2D eigenvalue weighted by Gasteiger charge is 2.57. The first-order valence-electron chi connectivity index (χ1n) is 13.3. The molecule has 1 amide bonds. The molecule has 6 rings (SSSR count). The van der Waals surface area contributed by atoms with Crippen molar-refractivity contribution in [1.29, 1.82) is 5.41 Å². The Labute approximate surface area is 198 Å². The van der Waals surface area contributed by atoms with Gasteiger partial charge in [0, 0.05) is 12.3 Å². The van der Waals surface area contributed by atoms with Crippen LogP contribution in [0.2, 0.25) is 0 Å². The Morgan fingerprint density at radius 3 is 2.33 bits per heavy atom. The lowest BCUT2D eigenvalue weighted by Crippen LogP contribution is -2.35. The number of unbranched alkanes of at least 4 members (excludes halogenated alkanes) is 4. The fraction of sp³-hybridized carbons (Fsp3) is 0.714. The van der Waals surface area contributed by atoms with E-state index in [0.29, 0.717) is 18.3 Å². The third-order valence-electron chi connectivity index (χ3n) is 9.21. The van der Waals surface area contributed by atoms with Gasteiger partial charge in [0.2, 0.25) is 5.91 Å². The van der Waals surface area contributed by atoms with Gasteiger partial charge in [-0.1, -0.05) is 31.4 Å². The lowest BCUT2D eigenvalue weighted by atomic mass is 9.76. The van der Waals surface area contributed by atoms with E-state index in [0.717, 1.165) is 43.1 Å². The van der Waals surface area contributed by atoms with E-state index in [1.165, 1.54) is 69.8 Å². The van der Waals surface area contributed by atoms with Crippen LogP contribution in [0.1, 0.15) is 82.6 Å². The second kappa shape index (κ2) is 9.40. The first-order valence-corrected chi connectivity index (χ1v) is 13.3. The van der Waals surface area contributed by atoms with Crippen LogP contribution in [0.15, 0.2) is 24.3 Å². The topological polar surface area (TPSA) is 88.2 Å². The maximum Gasteiger partial charge on any atom is 0.238 e. The quantitative estimate of drug-likeness (QED) is 0.205. The van der Waals surface area contributed by atoms with Gasteiger partial charge in [0.15, 0.2) is 0 Å². The number of carbonyl (C=O) groups excluding carboxylic acids is 1. The zero-order valence-corrected chi connectivity index (χ0v) is 20.0. The molecule has 5 saturated carbocycles. The molecule has 5 aliphatic carbocycles. The summed E-state index contributed by atoms with van der Waals surface area (Å²) in [6, 6.07) is 8.12. The molecule has 0 heterocycles. The smallest absolute Gasteiger partial charge is 0.238 e. The summed E-state index contributed by atoms with van der Waals surface area (Å²) in [7, 11) is 0. The van der Waals surface area contributed by atoms with Gasteiger partial charge in [-0.2, -0.15) is 0 Å². The van der Waals surface area contributed by atoms with Gasteiger partial charge in [0.25, 0.3) is 0 Å². The normalized spacial score (nSPS) is 30.5. The lowest BCUT2D eigenvalue weighted by Gasteiger charge is -2.32. The van der Waals surface area contributed by atoms with E-state index in [1.807, 2.05) is 12.1 Å². The number of amides is 1. The summed E-state index contributed by atoms with van der Waals surface area (Å²) >= 11 is 0. The fourth-order valence-corrected chi connectivity index (χ4v) is 7.29. The average Bonchev–Trinajstić information content (AvgIpc) is 3.53. The van der Waals surface area contributed by atoms with Crippen molar-refractivity contribution >= 4 is 17.4 Å². The molecule has 5 heteroatoms. The molecule has 2 unspecified atom stereocenters. The minimum absolute atomic E-state index is 0.0181. The van der Waals surface area contributed by atoms with Crippen LogP contribution >= 0.6 is 0 Å². The van der Waals surface area contributed by atoms with E-state index in [1.54, 1.807) is 0 Å². The molecule has 5 nitrogen and oxygen atoms in total. The van der Waals surface area contributed by atoms with Crippen LogP contribution in [0.25, 0.3) is 0 Å². The monoisotopic (exact) mass is 451 g/mol. The first-order chi connectivity index (χ1) is 16.0. The second-order valence-electron chi connectivity index (χ2n) is 11.6. The summed E-state index contributed by atoms with van der Waals surface area (Å²) in [5.74, 6) is 2.89. The largest absolute Gasteiger partial charge is 0.387 e. The molecule has 0 aromatic heterocycles. The van der Waals surface area contributed by atoms with Crippen molar-refractivity contribution in [2.45, 2.75) is 83.5 Å². The van der Waals surface area contributed by atoms with E-state index in [-0.39, 0.29) is 11.7 Å². The van der Waals surface area contributed by atoms with Crippen molar-refractivity contribution in [3.63, 3.8) is 0 Å². The zero-order valence-electron chi connectivity index (χ0n) is 20.0. The van der Waals surface area contributed by atoms with E-state index < -0.39 is 5.41 Å². The van der Waals surface area contributed by atoms with Crippen molar-refractivity contribution in [2.75, 3.05) is 18.5 Å². The molecule has 180 valence electrons. The Morgan fingerprint density at radius 1 is 1.00 bits per heavy atom. The third kappa shape index (κ3) is 4.84. The maximum atomic E-state index is 12.4. The Morgan fingerprint density at radius 2 is 1.67 bits per heavy atom. The molecule has 0 saturated heterocycles. The van der Waals surface area contributed by atoms with Gasteiger partial charge >= 0.3 is 0 Å². The van der Waals surface area contributed by atoms with Gasteiger partial charge in [0.1, 0.15) is 11.3 Å². The second-order valence-corrected chi connectivity index (χ2v) is 11.6. The molecule has 1 aromatic rings. The SMILES string of the molecule is N=C(N)C1(C(=O)Nc2ccc(CCCCCCCOCC34CC5CC(CC3C5)C4)cc2)CC1. The number of carbonyl (C=O) groups is 1. The maximum absolute atomic E-state index is 12.4. The Balaban J connectivity index is 0.912. The minimum atomic E-state index is -0.751. The van der Waals surface area contributed by atoms with E-state index in [4.69, 9.17) is 15.9 Å². The van der Waals surface area contributed by atoms with Crippen molar-refractivity contribution < 1.29 is 9.53 Å². The molecule has 5 fully saturated rings. The molecule has 4 bridgehead atoms. The summed E-state index contributed by atoms with van der Waals surface area (Å²) in [6.07, 6.45) is 16.1.